The summed E-state index contributed by atoms with van der Waals surface area (Å²) in [4.78, 5) is 16.4. The third-order valence-corrected chi connectivity index (χ3v) is 5.96. The number of aromatic amines is 1. The predicted molar refractivity (Wildman–Crippen MR) is 113 cm³/mol. The summed E-state index contributed by atoms with van der Waals surface area (Å²) >= 11 is 0. The number of halogens is 1. The first-order valence-electron chi connectivity index (χ1n) is 9.83. The number of benzene rings is 2. The van der Waals surface area contributed by atoms with E-state index in [-0.39, 0.29) is 18.2 Å². The van der Waals surface area contributed by atoms with Gasteiger partial charge in [0.1, 0.15) is 11.3 Å². The molecule has 0 unspecified atom stereocenters. The SMILES string of the molecule is COc1cc(Nc2c3c([nH+]c4cc(C)c(C)cc24)CCCC3=O)cc(C)c1C.[Cl-]. The number of pyridine rings is 1. The summed E-state index contributed by atoms with van der Waals surface area (Å²) in [6.45, 7) is 8.36. The zero-order valence-corrected chi connectivity index (χ0v) is 18.4. The number of anilines is 2. The van der Waals surface area contributed by atoms with Crippen LogP contribution in [0, 0.1) is 27.7 Å². The lowest BCUT2D eigenvalue weighted by atomic mass is 9.90. The van der Waals surface area contributed by atoms with Crippen LogP contribution >= 0.6 is 0 Å². The first-order valence-corrected chi connectivity index (χ1v) is 9.83. The van der Waals surface area contributed by atoms with Gasteiger partial charge in [0.15, 0.2) is 11.5 Å². The Kier molecular flexibility index (Phi) is 5.85. The van der Waals surface area contributed by atoms with E-state index in [9.17, 15) is 4.79 Å². The standard InChI is InChI=1S/C24H26N2O2.ClH/c1-13-10-18-20(11-14(13)2)26-19-7-6-8-21(27)23(19)24(18)25-17-9-15(3)16(4)22(12-17)28-5;/h9-12H,6-8H2,1-5H3,(H,25,26);1H. The van der Waals surface area contributed by atoms with Crippen LogP contribution in [0.15, 0.2) is 24.3 Å². The largest absolute Gasteiger partial charge is 1.00 e. The van der Waals surface area contributed by atoms with Crippen LogP contribution in [0.4, 0.5) is 11.4 Å². The Morgan fingerprint density at radius 3 is 2.41 bits per heavy atom. The second-order valence-corrected chi connectivity index (χ2v) is 7.86. The predicted octanol–water partition coefficient (Wildman–Crippen LogP) is 2.16. The van der Waals surface area contributed by atoms with Gasteiger partial charge in [-0.25, -0.2) is 4.98 Å². The van der Waals surface area contributed by atoms with Crippen molar-refractivity contribution in [2.75, 3.05) is 12.4 Å². The molecular formula is C24H27ClN2O2. The quantitative estimate of drug-likeness (QED) is 0.720. The van der Waals surface area contributed by atoms with Crippen LogP contribution in [0.25, 0.3) is 10.9 Å². The molecule has 1 aromatic heterocycles. The minimum absolute atomic E-state index is 0. The van der Waals surface area contributed by atoms with E-state index in [0.29, 0.717) is 6.42 Å². The number of carbonyl (C=O) groups is 1. The third kappa shape index (κ3) is 3.69. The second kappa shape index (κ2) is 8.03. The summed E-state index contributed by atoms with van der Waals surface area (Å²) < 4.78 is 5.55. The minimum Gasteiger partial charge on any atom is -1.00 e. The molecule has 1 heterocycles. The molecule has 2 aromatic carbocycles. The van der Waals surface area contributed by atoms with Crippen molar-refractivity contribution in [1.29, 1.82) is 0 Å². The van der Waals surface area contributed by atoms with E-state index >= 15 is 0 Å². The van der Waals surface area contributed by atoms with Crippen molar-refractivity contribution in [1.82, 2.24) is 0 Å². The van der Waals surface area contributed by atoms with Gasteiger partial charge in [-0.15, -0.1) is 0 Å². The average molecular weight is 411 g/mol. The molecule has 152 valence electrons. The summed E-state index contributed by atoms with van der Waals surface area (Å²) in [7, 11) is 1.69. The molecule has 5 heteroatoms. The zero-order valence-electron chi connectivity index (χ0n) is 17.6. The van der Waals surface area contributed by atoms with Gasteiger partial charge in [-0.05, 0) is 68.5 Å². The molecule has 0 fully saturated rings. The van der Waals surface area contributed by atoms with Gasteiger partial charge in [0.05, 0.1) is 18.2 Å². The number of hydrogen-bond acceptors (Lipinski definition) is 3. The molecule has 0 spiro atoms. The zero-order chi connectivity index (χ0) is 20.0. The van der Waals surface area contributed by atoms with Crippen molar-refractivity contribution in [3.8, 4) is 5.75 Å². The Hall–Kier alpha value is -2.59. The van der Waals surface area contributed by atoms with E-state index in [2.05, 4.69) is 56.2 Å². The number of fused-ring (bicyclic) bond motifs is 2. The number of aryl methyl sites for hydroxylation is 4. The molecule has 1 aliphatic rings. The highest BCUT2D eigenvalue weighted by molar-refractivity contribution is 6.09. The number of H-pyrrole nitrogens is 1. The lowest BCUT2D eigenvalue weighted by molar-refractivity contribution is -0.358. The number of carbonyl (C=O) groups excluding carboxylic acids is 1. The smallest absolute Gasteiger partial charge is 0.213 e. The highest BCUT2D eigenvalue weighted by atomic mass is 35.5. The highest BCUT2D eigenvalue weighted by Gasteiger charge is 2.29. The van der Waals surface area contributed by atoms with Crippen molar-refractivity contribution in [2.45, 2.75) is 47.0 Å². The van der Waals surface area contributed by atoms with Crippen molar-refractivity contribution in [3.05, 3.63) is 57.8 Å². The number of rotatable bonds is 3. The van der Waals surface area contributed by atoms with E-state index < -0.39 is 0 Å². The number of aromatic nitrogens is 1. The van der Waals surface area contributed by atoms with E-state index in [4.69, 9.17) is 4.74 Å². The van der Waals surface area contributed by atoms with Crippen LogP contribution in [0.3, 0.4) is 0 Å². The molecule has 0 atom stereocenters. The molecule has 0 saturated heterocycles. The Bertz CT molecular complexity index is 1120. The van der Waals surface area contributed by atoms with Crippen LogP contribution in [0.1, 0.15) is 51.1 Å². The summed E-state index contributed by atoms with van der Waals surface area (Å²) in [5.74, 6) is 1.05. The topological polar surface area (TPSA) is 52.5 Å². The monoisotopic (exact) mass is 410 g/mol. The maximum atomic E-state index is 12.9. The van der Waals surface area contributed by atoms with Crippen LogP contribution < -0.4 is 27.4 Å². The lowest BCUT2D eigenvalue weighted by Crippen LogP contribution is -3.00. The molecular weight excluding hydrogens is 384 g/mol. The van der Waals surface area contributed by atoms with Crippen molar-refractivity contribution in [2.24, 2.45) is 0 Å². The number of ketones is 1. The summed E-state index contributed by atoms with van der Waals surface area (Å²) in [6, 6.07) is 8.47. The number of ether oxygens (including phenoxy) is 1. The third-order valence-electron chi connectivity index (χ3n) is 5.96. The Morgan fingerprint density at radius 1 is 0.966 bits per heavy atom. The molecule has 0 amide bonds. The molecule has 2 N–H and O–H groups in total. The maximum absolute atomic E-state index is 12.9. The van der Waals surface area contributed by atoms with Gasteiger partial charge < -0.3 is 22.5 Å². The van der Waals surface area contributed by atoms with Crippen LogP contribution in [-0.2, 0) is 6.42 Å². The van der Waals surface area contributed by atoms with E-state index in [1.54, 1.807) is 7.11 Å². The Labute approximate surface area is 178 Å². The molecule has 4 nitrogen and oxygen atoms in total. The first kappa shape index (κ1) is 21.1. The molecule has 4 rings (SSSR count). The average Bonchev–Trinajstić information content (AvgIpc) is 2.66. The molecule has 29 heavy (non-hydrogen) atoms. The van der Waals surface area contributed by atoms with Crippen LogP contribution in [0.2, 0.25) is 0 Å². The molecule has 1 aliphatic carbocycles. The van der Waals surface area contributed by atoms with Crippen molar-refractivity contribution >= 4 is 28.1 Å². The normalized spacial score (nSPS) is 13.1. The fraction of sp³-hybridized carbons (Fsp3) is 0.333. The van der Waals surface area contributed by atoms with Gasteiger partial charge in [0, 0.05) is 30.7 Å². The highest BCUT2D eigenvalue weighted by Crippen LogP contribution is 2.36. The fourth-order valence-corrected chi connectivity index (χ4v) is 4.07. The second-order valence-electron chi connectivity index (χ2n) is 7.86. The lowest BCUT2D eigenvalue weighted by Gasteiger charge is -2.19. The number of Topliss-reactive ketones (excluding diaryl/α,β-unsaturated/α-hetero) is 1. The van der Waals surface area contributed by atoms with Crippen LogP contribution in [-0.4, -0.2) is 12.9 Å². The minimum atomic E-state index is 0. The molecule has 0 saturated carbocycles. The molecule has 0 radical (unpaired) electrons. The van der Waals surface area contributed by atoms with Gasteiger partial charge in [-0.3, -0.25) is 4.79 Å². The number of methoxy groups -OCH3 is 1. The number of hydrogen-bond donors (Lipinski definition) is 1. The first-order chi connectivity index (χ1) is 13.4. The van der Waals surface area contributed by atoms with Gasteiger partial charge in [0.25, 0.3) is 0 Å². The van der Waals surface area contributed by atoms with Crippen LogP contribution in [0.5, 0.6) is 5.75 Å². The van der Waals surface area contributed by atoms with Gasteiger partial charge in [0.2, 0.25) is 5.52 Å². The maximum Gasteiger partial charge on any atom is 0.213 e. The van der Waals surface area contributed by atoms with Crippen molar-refractivity contribution < 1.29 is 26.9 Å². The molecule has 0 aliphatic heterocycles. The van der Waals surface area contributed by atoms with E-state index in [1.807, 2.05) is 6.07 Å². The van der Waals surface area contributed by atoms with Gasteiger partial charge in [-0.2, -0.15) is 0 Å². The van der Waals surface area contributed by atoms with Crippen molar-refractivity contribution in [3.63, 3.8) is 0 Å². The van der Waals surface area contributed by atoms with E-state index in [0.717, 1.165) is 63.3 Å². The molecule has 0 bridgehead atoms. The van der Waals surface area contributed by atoms with E-state index in [1.165, 1.54) is 11.1 Å². The Balaban J connectivity index is 0.00000240. The molecule has 3 aromatic rings. The Morgan fingerprint density at radius 2 is 1.69 bits per heavy atom. The summed E-state index contributed by atoms with van der Waals surface area (Å²) in [5.41, 5.74) is 9.48. The summed E-state index contributed by atoms with van der Waals surface area (Å²) in [5, 5.41) is 4.62. The number of nitrogens with one attached hydrogen (secondary N) is 2. The van der Waals surface area contributed by atoms with Gasteiger partial charge in [-0.1, -0.05) is 0 Å². The fourth-order valence-electron chi connectivity index (χ4n) is 4.07. The summed E-state index contributed by atoms with van der Waals surface area (Å²) in [6.07, 6.45) is 2.40. The van der Waals surface area contributed by atoms with Gasteiger partial charge >= 0.3 is 0 Å².